The van der Waals surface area contributed by atoms with Crippen molar-refractivity contribution in [2.75, 3.05) is 32.3 Å². The number of hydrogen-bond acceptors (Lipinski definition) is 5. The quantitative estimate of drug-likeness (QED) is 0.215. The van der Waals surface area contributed by atoms with Crippen molar-refractivity contribution in [2.24, 2.45) is 0 Å². The molecule has 2 unspecified atom stereocenters. The molecule has 0 N–H and O–H groups in total. The van der Waals surface area contributed by atoms with Crippen molar-refractivity contribution in [3.63, 3.8) is 0 Å². The largest absolute Gasteiger partial charge is 0.490 e. The van der Waals surface area contributed by atoms with Crippen LogP contribution >= 0.6 is 112 Å². The third-order valence-corrected chi connectivity index (χ3v) is 10.7. The summed E-state index contributed by atoms with van der Waals surface area (Å²) in [4.78, 5) is 0.352. The summed E-state index contributed by atoms with van der Waals surface area (Å²) in [6.07, 6.45) is 0. The lowest BCUT2D eigenvalue weighted by Gasteiger charge is -2.16. The molecule has 0 aliphatic heterocycles. The molecule has 0 spiro atoms. The Morgan fingerprint density at radius 3 is 1.47 bits per heavy atom. The van der Waals surface area contributed by atoms with Crippen molar-refractivity contribution in [3.8, 4) is 11.5 Å². The first-order chi connectivity index (χ1) is 15.0. The minimum absolute atomic E-state index is 0.000472. The first-order valence-corrected chi connectivity index (χ1v) is 16.4. The maximum atomic E-state index is 13.3. The lowest BCUT2D eigenvalue weighted by Crippen LogP contribution is -2.17. The summed E-state index contributed by atoms with van der Waals surface area (Å²) in [5, 5.41) is 0.723. The Morgan fingerprint density at radius 1 is 0.750 bits per heavy atom. The second kappa shape index (κ2) is 13.6. The Labute approximate surface area is 246 Å². The van der Waals surface area contributed by atoms with Crippen LogP contribution in [-0.2, 0) is 14.6 Å². The molecule has 0 radical (unpaired) electrons. The molecule has 0 saturated heterocycles. The maximum absolute atomic E-state index is 13.3. The molecule has 2 atom stereocenters. The van der Waals surface area contributed by atoms with Crippen LogP contribution in [0.25, 0.3) is 0 Å². The van der Waals surface area contributed by atoms with E-state index < -0.39 is 9.84 Å². The Balaban J connectivity index is 2.33. The second-order valence-corrected chi connectivity index (χ2v) is 15.0. The smallest absolute Gasteiger partial charge is 0.206 e. The summed E-state index contributed by atoms with van der Waals surface area (Å²) >= 11 is 24.0. The normalized spacial score (nSPS) is 13.6. The molecule has 2 aromatic carbocycles. The average molecular weight is 917 g/mol. The zero-order chi connectivity index (χ0) is 24.1. The van der Waals surface area contributed by atoms with Crippen LogP contribution in [-0.4, -0.2) is 50.3 Å². The van der Waals surface area contributed by atoms with E-state index in [0.29, 0.717) is 49.2 Å². The molecule has 0 aliphatic rings. The summed E-state index contributed by atoms with van der Waals surface area (Å²) in [5.41, 5.74) is 0. The number of halogens is 7. The molecule has 0 saturated carbocycles. The molecule has 0 fully saturated rings. The van der Waals surface area contributed by atoms with Crippen LogP contribution in [0.4, 0.5) is 0 Å². The maximum Gasteiger partial charge on any atom is 0.206 e. The summed E-state index contributed by atoms with van der Waals surface area (Å²) in [6, 6.07) is 6.09. The van der Waals surface area contributed by atoms with Gasteiger partial charge in [-0.1, -0.05) is 47.8 Å². The lowest BCUT2D eigenvalue weighted by molar-refractivity contribution is 0.179. The molecular formula is C19H17Br7O5S. The molecule has 2 rings (SSSR count). The third-order valence-electron chi connectivity index (χ3n) is 3.90. The molecule has 178 valence electrons. The van der Waals surface area contributed by atoms with Gasteiger partial charge in [0, 0.05) is 12.4 Å². The van der Waals surface area contributed by atoms with E-state index in [1.54, 1.807) is 7.11 Å². The molecular weight excluding hydrogens is 900 g/mol. The average Bonchev–Trinajstić information content (AvgIpc) is 2.72. The highest BCUT2D eigenvalue weighted by molar-refractivity contribution is 9.12. The van der Waals surface area contributed by atoms with Gasteiger partial charge in [-0.2, -0.15) is 0 Å². The number of rotatable bonds is 11. The van der Waals surface area contributed by atoms with Crippen LogP contribution in [0.15, 0.2) is 51.9 Å². The number of ether oxygens (including phenoxy) is 3. The van der Waals surface area contributed by atoms with Crippen LogP contribution in [0.2, 0.25) is 0 Å². The van der Waals surface area contributed by atoms with Gasteiger partial charge in [0.2, 0.25) is 9.84 Å². The molecule has 2 aromatic rings. The first-order valence-electron chi connectivity index (χ1n) is 8.83. The van der Waals surface area contributed by atoms with E-state index in [1.165, 1.54) is 24.3 Å². The number of alkyl halides is 3. The van der Waals surface area contributed by atoms with E-state index in [-0.39, 0.29) is 19.4 Å². The Hall–Kier alpha value is 1.31. The molecule has 0 bridgehead atoms. The number of hydrogen-bond donors (Lipinski definition) is 0. The molecule has 5 nitrogen and oxygen atoms in total. The fourth-order valence-electron chi connectivity index (χ4n) is 2.42. The predicted octanol–water partition coefficient (Wildman–Crippen LogP) is 7.90. The summed E-state index contributed by atoms with van der Waals surface area (Å²) in [5.74, 6) is 1.03. The Kier molecular flexibility index (Phi) is 12.5. The van der Waals surface area contributed by atoms with Crippen molar-refractivity contribution in [2.45, 2.75) is 19.4 Å². The molecule has 0 heterocycles. The van der Waals surface area contributed by atoms with Crippen LogP contribution in [0.1, 0.15) is 0 Å². The topological polar surface area (TPSA) is 61.8 Å². The van der Waals surface area contributed by atoms with E-state index >= 15 is 0 Å². The van der Waals surface area contributed by atoms with Crippen LogP contribution in [0, 0.1) is 0 Å². The van der Waals surface area contributed by atoms with E-state index in [2.05, 4.69) is 112 Å². The highest BCUT2D eigenvalue weighted by Gasteiger charge is 2.24. The van der Waals surface area contributed by atoms with Gasteiger partial charge in [0.25, 0.3) is 0 Å². The summed E-state index contributed by atoms with van der Waals surface area (Å²) in [6.45, 7) is 1.25. The minimum Gasteiger partial charge on any atom is -0.490 e. The highest BCUT2D eigenvalue weighted by Crippen LogP contribution is 2.41. The van der Waals surface area contributed by atoms with Crippen LogP contribution in [0.3, 0.4) is 0 Å². The minimum atomic E-state index is -3.82. The van der Waals surface area contributed by atoms with Gasteiger partial charge in [-0.3, -0.25) is 0 Å². The van der Waals surface area contributed by atoms with Gasteiger partial charge < -0.3 is 14.2 Å². The van der Waals surface area contributed by atoms with Crippen LogP contribution < -0.4 is 9.47 Å². The van der Waals surface area contributed by atoms with Crippen molar-refractivity contribution < 1.29 is 22.6 Å². The number of methoxy groups -OCH3 is 1. The van der Waals surface area contributed by atoms with Crippen molar-refractivity contribution >= 4 is 121 Å². The zero-order valence-electron chi connectivity index (χ0n) is 16.4. The molecule has 0 aliphatic carbocycles. The molecule has 0 aromatic heterocycles. The SMILES string of the molecule is COCC(Br)COc1c(Br)cc(S(=O)(=O)c2cc(Br)c(OCC(Br)CBr)c(Br)c2)cc1Br. The third kappa shape index (κ3) is 7.91. The summed E-state index contributed by atoms with van der Waals surface area (Å²) in [7, 11) is -2.21. The predicted molar refractivity (Wildman–Crippen MR) is 151 cm³/mol. The lowest BCUT2D eigenvalue weighted by atomic mass is 10.3. The van der Waals surface area contributed by atoms with Gasteiger partial charge in [0.05, 0.1) is 43.9 Å². The molecule has 0 amide bonds. The highest BCUT2D eigenvalue weighted by atomic mass is 79.9. The first kappa shape index (κ1) is 29.5. The Bertz CT molecular complexity index is 1000. The van der Waals surface area contributed by atoms with Gasteiger partial charge in [-0.15, -0.1) is 0 Å². The van der Waals surface area contributed by atoms with Gasteiger partial charge in [-0.05, 0) is 88.0 Å². The number of sulfone groups is 1. The van der Waals surface area contributed by atoms with Gasteiger partial charge in [-0.25, -0.2) is 8.42 Å². The van der Waals surface area contributed by atoms with Crippen molar-refractivity contribution in [1.82, 2.24) is 0 Å². The van der Waals surface area contributed by atoms with E-state index in [9.17, 15) is 8.42 Å². The zero-order valence-corrected chi connectivity index (χ0v) is 28.3. The fourth-order valence-corrected chi connectivity index (χ4v) is 7.93. The van der Waals surface area contributed by atoms with Crippen molar-refractivity contribution in [1.29, 1.82) is 0 Å². The van der Waals surface area contributed by atoms with Crippen LogP contribution in [0.5, 0.6) is 11.5 Å². The standard InChI is InChI=1S/C19H17Br7O5S/c1-29-7-11(22)9-31-19-16(25)4-13(5-17(19)26)32(27,28)12-2-14(23)18(15(24)3-12)30-8-10(21)6-20/h2-5,10-11H,6-9H2,1H3. The Morgan fingerprint density at radius 2 is 1.12 bits per heavy atom. The second-order valence-electron chi connectivity index (χ2n) is 6.36. The number of benzene rings is 2. The van der Waals surface area contributed by atoms with Gasteiger partial charge in [0.1, 0.15) is 24.7 Å². The van der Waals surface area contributed by atoms with Gasteiger partial charge >= 0.3 is 0 Å². The molecule has 13 heteroatoms. The van der Waals surface area contributed by atoms with E-state index in [0.717, 1.165) is 5.33 Å². The van der Waals surface area contributed by atoms with Crippen molar-refractivity contribution in [3.05, 3.63) is 42.2 Å². The van der Waals surface area contributed by atoms with E-state index in [4.69, 9.17) is 14.2 Å². The molecule has 32 heavy (non-hydrogen) atoms. The van der Waals surface area contributed by atoms with E-state index in [1.807, 2.05) is 0 Å². The summed E-state index contributed by atoms with van der Waals surface area (Å²) < 4.78 is 45.4. The fraction of sp³-hybridized carbons (Fsp3) is 0.368. The van der Waals surface area contributed by atoms with Gasteiger partial charge in [0.15, 0.2) is 0 Å². The monoisotopic (exact) mass is 910 g/mol.